The number of ether oxygens (including phenoxy) is 1. The molecule has 1 aliphatic heterocycles. The zero-order valence-corrected chi connectivity index (χ0v) is 14.0. The van der Waals surface area contributed by atoms with Crippen LogP contribution in [0.15, 0.2) is 16.6 Å². The van der Waals surface area contributed by atoms with Crippen molar-refractivity contribution in [2.75, 3.05) is 19.3 Å². The van der Waals surface area contributed by atoms with Crippen molar-refractivity contribution in [2.45, 2.75) is 32.8 Å². The maximum atomic E-state index is 11.5. The van der Waals surface area contributed by atoms with Crippen LogP contribution in [-0.2, 0) is 11.0 Å². The lowest BCUT2D eigenvalue weighted by atomic mass is 10.1. The van der Waals surface area contributed by atoms with Crippen molar-refractivity contribution in [1.29, 1.82) is 0 Å². The summed E-state index contributed by atoms with van der Waals surface area (Å²) in [6, 6.07) is 4.11. The normalized spacial score (nSPS) is 22.2. The fraction of sp³-hybridized carbons (Fsp3) is 0.571. The summed E-state index contributed by atoms with van der Waals surface area (Å²) in [6.45, 7) is 5.79. The van der Waals surface area contributed by atoms with Crippen LogP contribution in [0.25, 0.3) is 0 Å². The molecule has 0 saturated carbocycles. The van der Waals surface area contributed by atoms with Crippen LogP contribution < -0.4 is 4.74 Å². The predicted octanol–water partition coefficient (Wildman–Crippen LogP) is 3.20. The molecule has 0 bridgehead atoms. The first-order valence-electron chi connectivity index (χ1n) is 6.49. The summed E-state index contributed by atoms with van der Waals surface area (Å²) in [5, 5.41) is 0. The molecular weight excluding hydrogens is 326 g/mol. The van der Waals surface area contributed by atoms with Crippen LogP contribution in [-0.4, -0.2) is 34.0 Å². The lowest BCUT2D eigenvalue weighted by Crippen LogP contribution is -2.41. The molecule has 1 fully saturated rings. The van der Waals surface area contributed by atoms with Gasteiger partial charge in [-0.1, -0.05) is 15.9 Å². The molecule has 19 heavy (non-hydrogen) atoms. The fourth-order valence-corrected chi connectivity index (χ4v) is 3.39. The van der Waals surface area contributed by atoms with Crippen molar-refractivity contribution in [3.63, 3.8) is 0 Å². The van der Waals surface area contributed by atoms with E-state index in [1.165, 1.54) is 11.1 Å². The molecule has 2 atom stereocenters. The topological polar surface area (TPSA) is 29.5 Å². The molecule has 1 heterocycles. The summed E-state index contributed by atoms with van der Waals surface area (Å²) >= 11 is 3.56. The van der Waals surface area contributed by atoms with Gasteiger partial charge in [0.25, 0.3) is 0 Å². The third-order valence-corrected chi connectivity index (χ3v) is 5.73. The second-order valence-electron chi connectivity index (χ2n) is 5.06. The Kier molecular flexibility index (Phi) is 5.03. The van der Waals surface area contributed by atoms with E-state index < -0.39 is 11.0 Å². The summed E-state index contributed by atoms with van der Waals surface area (Å²) in [5.74, 6) is 0.909. The minimum Gasteiger partial charge on any atom is -0.489 e. The highest BCUT2D eigenvalue weighted by Crippen LogP contribution is 2.28. The van der Waals surface area contributed by atoms with E-state index in [9.17, 15) is 4.21 Å². The number of aryl methyl sites for hydroxylation is 2. The van der Waals surface area contributed by atoms with Gasteiger partial charge in [0, 0.05) is 23.8 Å². The Morgan fingerprint density at radius 1 is 1.37 bits per heavy atom. The largest absolute Gasteiger partial charge is 0.489 e. The molecule has 1 unspecified atom stereocenters. The molecule has 1 aromatic carbocycles. The van der Waals surface area contributed by atoms with Gasteiger partial charge in [-0.05, 0) is 49.9 Å². The number of nitrogens with zero attached hydrogens (tertiary/aromatic N) is 1. The molecule has 0 amide bonds. The minimum atomic E-state index is -0.897. The number of hydrogen-bond donors (Lipinski definition) is 0. The zero-order valence-electron chi connectivity index (χ0n) is 11.6. The van der Waals surface area contributed by atoms with Gasteiger partial charge in [-0.15, -0.1) is 0 Å². The molecular formula is C14H20BrNO2S. The molecule has 1 aromatic rings. The van der Waals surface area contributed by atoms with Crippen LogP contribution in [0.3, 0.4) is 0 Å². The maximum absolute atomic E-state index is 11.5. The van der Waals surface area contributed by atoms with Crippen molar-refractivity contribution in [1.82, 2.24) is 4.31 Å². The molecule has 0 aliphatic carbocycles. The summed E-state index contributed by atoms with van der Waals surface area (Å²) in [4.78, 5) is 0. The Balaban J connectivity index is 2.07. The molecule has 0 aromatic heterocycles. The summed E-state index contributed by atoms with van der Waals surface area (Å²) in [5.41, 5.74) is 2.36. The van der Waals surface area contributed by atoms with E-state index in [1.54, 1.807) is 6.26 Å². The first-order valence-corrected chi connectivity index (χ1v) is 8.80. The lowest BCUT2D eigenvalue weighted by molar-refractivity contribution is 0.132. The summed E-state index contributed by atoms with van der Waals surface area (Å²) in [6.07, 6.45) is 3.94. The average Bonchev–Trinajstić information content (AvgIpc) is 2.36. The Morgan fingerprint density at radius 3 is 2.58 bits per heavy atom. The van der Waals surface area contributed by atoms with Crippen LogP contribution in [0.4, 0.5) is 0 Å². The molecule has 2 rings (SSSR count). The fourth-order valence-electron chi connectivity index (χ4n) is 2.40. The van der Waals surface area contributed by atoms with E-state index in [0.717, 1.165) is 36.2 Å². The van der Waals surface area contributed by atoms with Crippen molar-refractivity contribution in [3.8, 4) is 5.75 Å². The van der Waals surface area contributed by atoms with Crippen molar-refractivity contribution < 1.29 is 8.95 Å². The highest BCUT2D eigenvalue weighted by atomic mass is 79.9. The van der Waals surface area contributed by atoms with Gasteiger partial charge < -0.3 is 4.74 Å². The minimum absolute atomic E-state index is 0.137. The van der Waals surface area contributed by atoms with Crippen LogP contribution in [0.5, 0.6) is 5.75 Å². The van der Waals surface area contributed by atoms with E-state index in [-0.39, 0.29) is 6.10 Å². The van der Waals surface area contributed by atoms with Crippen LogP contribution >= 0.6 is 15.9 Å². The number of hydrogen-bond acceptors (Lipinski definition) is 2. The first-order chi connectivity index (χ1) is 8.97. The third-order valence-electron chi connectivity index (χ3n) is 3.42. The number of halogens is 1. The molecule has 1 aliphatic rings. The predicted molar refractivity (Wildman–Crippen MR) is 82.9 cm³/mol. The summed E-state index contributed by atoms with van der Waals surface area (Å²) in [7, 11) is -0.897. The van der Waals surface area contributed by atoms with Crippen molar-refractivity contribution >= 4 is 26.9 Å². The van der Waals surface area contributed by atoms with Gasteiger partial charge in [0.1, 0.15) is 11.9 Å². The van der Waals surface area contributed by atoms with Gasteiger partial charge in [-0.3, -0.25) is 0 Å². The van der Waals surface area contributed by atoms with Gasteiger partial charge in [-0.2, -0.15) is 0 Å². The Morgan fingerprint density at radius 2 is 2.00 bits per heavy atom. The number of rotatable bonds is 3. The van der Waals surface area contributed by atoms with Gasteiger partial charge >= 0.3 is 0 Å². The number of piperidine rings is 1. The van der Waals surface area contributed by atoms with E-state index in [2.05, 4.69) is 41.9 Å². The van der Waals surface area contributed by atoms with Gasteiger partial charge in [-0.25, -0.2) is 8.51 Å². The molecule has 0 N–H and O–H groups in total. The smallest absolute Gasteiger partial charge is 0.120 e. The van der Waals surface area contributed by atoms with Crippen LogP contribution in [0.1, 0.15) is 24.0 Å². The highest BCUT2D eigenvalue weighted by Gasteiger charge is 2.23. The van der Waals surface area contributed by atoms with E-state index in [0.29, 0.717) is 0 Å². The SMILES string of the molecule is Cc1cc(O[C@@H]2CCCN(S(C)=O)C2)cc(C)c1Br. The molecule has 0 spiro atoms. The van der Waals surface area contributed by atoms with Gasteiger partial charge in [0.05, 0.1) is 11.0 Å². The van der Waals surface area contributed by atoms with Crippen LogP contribution in [0, 0.1) is 13.8 Å². The van der Waals surface area contributed by atoms with E-state index in [4.69, 9.17) is 4.74 Å². The first kappa shape index (κ1) is 15.0. The standard InChI is InChI=1S/C14H20BrNO2S/c1-10-7-13(8-11(2)14(10)15)18-12-5-4-6-16(9-12)19(3)17/h7-8,12H,4-6,9H2,1-3H3/t12-,19?/m1/s1. The number of benzene rings is 1. The van der Waals surface area contributed by atoms with Crippen LogP contribution in [0.2, 0.25) is 0 Å². The summed E-state index contributed by atoms with van der Waals surface area (Å²) < 4.78 is 20.7. The Hall–Kier alpha value is -0.390. The maximum Gasteiger partial charge on any atom is 0.120 e. The quantitative estimate of drug-likeness (QED) is 0.841. The van der Waals surface area contributed by atoms with E-state index in [1.807, 2.05) is 4.31 Å². The Bertz CT molecular complexity index is 469. The monoisotopic (exact) mass is 345 g/mol. The Labute approximate surface area is 126 Å². The lowest BCUT2D eigenvalue weighted by Gasteiger charge is -2.31. The van der Waals surface area contributed by atoms with Crippen molar-refractivity contribution in [3.05, 3.63) is 27.7 Å². The third kappa shape index (κ3) is 3.80. The molecule has 5 heteroatoms. The van der Waals surface area contributed by atoms with E-state index >= 15 is 0 Å². The second kappa shape index (κ2) is 6.37. The average molecular weight is 346 g/mol. The van der Waals surface area contributed by atoms with Crippen molar-refractivity contribution in [2.24, 2.45) is 0 Å². The second-order valence-corrected chi connectivity index (χ2v) is 7.22. The molecule has 0 radical (unpaired) electrons. The zero-order chi connectivity index (χ0) is 14.0. The van der Waals surface area contributed by atoms with Gasteiger partial charge in [0.15, 0.2) is 0 Å². The molecule has 3 nitrogen and oxygen atoms in total. The van der Waals surface area contributed by atoms with Gasteiger partial charge in [0.2, 0.25) is 0 Å². The molecule has 1 saturated heterocycles. The highest BCUT2D eigenvalue weighted by molar-refractivity contribution is 9.10. The molecule has 106 valence electrons.